The maximum Gasteiger partial charge on any atom is 0.268 e. The first-order chi connectivity index (χ1) is 26.1. The molecule has 6 aromatic rings. The first-order valence-corrected chi connectivity index (χ1v) is 19.6. The van der Waals surface area contributed by atoms with Crippen molar-refractivity contribution in [2.75, 3.05) is 58.3 Å². The quantitative estimate of drug-likeness (QED) is 0.124. The van der Waals surface area contributed by atoms with E-state index in [0.717, 1.165) is 71.8 Å². The van der Waals surface area contributed by atoms with Crippen molar-refractivity contribution in [3.05, 3.63) is 138 Å². The number of hydrogen-bond donors (Lipinski definition) is 2. The number of aromatic amines is 1. The predicted octanol–water partition coefficient (Wildman–Crippen LogP) is 7.66. The molecule has 0 unspecified atom stereocenters. The first kappa shape index (κ1) is 37.0. The minimum Gasteiger partial charge on any atom is -0.492 e. The van der Waals surface area contributed by atoms with Gasteiger partial charge in [-0.05, 0) is 85.9 Å². The molecule has 1 amide bonds. The highest BCUT2D eigenvalue weighted by atomic mass is 35.5. The van der Waals surface area contributed by atoms with Gasteiger partial charge in [0.05, 0.1) is 10.5 Å². The molecule has 5 aromatic carbocycles. The van der Waals surface area contributed by atoms with E-state index in [4.69, 9.17) is 21.1 Å². The summed E-state index contributed by atoms with van der Waals surface area (Å²) in [5.74, 6) is 0.878. The fraction of sp³-hybridized carbons (Fsp3) is 0.214. The zero-order chi connectivity index (χ0) is 37.7. The number of carbonyl (C=O) groups excluding carboxylic acids is 1. The second-order valence-electron chi connectivity index (χ2n) is 13.4. The van der Waals surface area contributed by atoms with Gasteiger partial charge < -0.3 is 24.3 Å². The van der Waals surface area contributed by atoms with E-state index in [9.17, 15) is 13.2 Å². The van der Waals surface area contributed by atoms with Gasteiger partial charge in [-0.15, -0.1) is 0 Å². The number of carbonyl (C=O) groups is 1. The summed E-state index contributed by atoms with van der Waals surface area (Å²) in [7, 11) is -0.0501. The molecule has 278 valence electrons. The molecule has 0 bridgehead atoms. The lowest BCUT2D eigenvalue weighted by atomic mass is 9.98. The normalized spacial score (nSPS) is 13.7. The number of halogens is 1. The lowest BCUT2D eigenvalue weighted by Gasteiger charge is -2.37. The van der Waals surface area contributed by atoms with Crippen molar-refractivity contribution in [2.45, 2.75) is 11.4 Å². The number of rotatable bonds is 13. The van der Waals surface area contributed by atoms with E-state index in [1.54, 1.807) is 24.3 Å². The van der Waals surface area contributed by atoms with Gasteiger partial charge in [0, 0.05) is 78.7 Å². The summed E-state index contributed by atoms with van der Waals surface area (Å²) in [6.45, 7) is 5.09. The number of anilines is 1. The minimum absolute atomic E-state index is 0.00423. The number of fused-ring (bicyclic) bond motifs is 1. The standard InChI is InChI=1S/C42H42ClN5O5S/c1-46(2)26-27-52-39-12-6-10-34(30-14-16-31(43)17-15-30)37(39)29-47-22-24-48(25-23-47)32-18-19-36(42(49)45-54(50,51)33-8-4-3-5-9-33)41(28-32)53-40-13-7-11-38-35(40)20-21-44-38/h3-21,28,44H,22-27,29H2,1-2H3,(H,45,49). The summed E-state index contributed by atoms with van der Waals surface area (Å²) in [5.41, 5.74) is 5.16. The Morgan fingerprint density at radius 3 is 2.33 bits per heavy atom. The Balaban J connectivity index is 1.12. The van der Waals surface area contributed by atoms with Crippen molar-refractivity contribution >= 4 is 44.1 Å². The van der Waals surface area contributed by atoms with E-state index in [0.29, 0.717) is 23.9 Å². The largest absolute Gasteiger partial charge is 0.492 e. The van der Waals surface area contributed by atoms with Crippen molar-refractivity contribution in [1.82, 2.24) is 19.5 Å². The van der Waals surface area contributed by atoms with Gasteiger partial charge in [-0.1, -0.05) is 60.1 Å². The van der Waals surface area contributed by atoms with Crippen molar-refractivity contribution < 1.29 is 22.7 Å². The molecule has 0 saturated carbocycles. The number of H-pyrrole nitrogens is 1. The number of hydrogen-bond acceptors (Lipinski definition) is 8. The first-order valence-electron chi connectivity index (χ1n) is 17.8. The van der Waals surface area contributed by atoms with Crippen LogP contribution >= 0.6 is 11.6 Å². The summed E-state index contributed by atoms with van der Waals surface area (Å²) in [5, 5.41) is 1.53. The van der Waals surface area contributed by atoms with E-state index in [2.05, 4.69) is 30.5 Å². The molecule has 1 saturated heterocycles. The Labute approximate surface area is 320 Å². The van der Waals surface area contributed by atoms with Gasteiger partial charge in [0.2, 0.25) is 0 Å². The van der Waals surface area contributed by atoms with Gasteiger partial charge in [-0.2, -0.15) is 0 Å². The molecule has 7 rings (SSSR count). The molecule has 1 aliphatic heterocycles. The summed E-state index contributed by atoms with van der Waals surface area (Å²) < 4.78 is 41.2. The molecule has 0 spiro atoms. The molecule has 0 aliphatic carbocycles. The Morgan fingerprint density at radius 1 is 0.833 bits per heavy atom. The Hall–Kier alpha value is -5.33. The van der Waals surface area contributed by atoms with Crippen LogP contribution in [0, 0.1) is 0 Å². The summed E-state index contributed by atoms with van der Waals surface area (Å²) in [6.07, 6.45) is 1.82. The third kappa shape index (κ3) is 8.55. The van der Waals surface area contributed by atoms with Gasteiger partial charge in [-0.3, -0.25) is 9.69 Å². The number of sulfonamides is 1. The van der Waals surface area contributed by atoms with Crippen molar-refractivity contribution in [1.29, 1.82) is 0 Å². The van der Waals surface area contributed by atoms with Crippen molar-refractivity contribution in [2.24, 2.45) is 0 Å². The SMILES string of the molecule is CN(C)CCOc1cccc(-c2ccc(Cl)cc2)c1CN1CCN(c2ccc(C(=O)NS(=O)(=O)c3ccccc3)c(Oc3cccc4[nH]ccc34)c2)CC1. The molecule has 0 radical (unpaired) electrons. The molecular weight excluding hydrogens is 722 g/mol. The van der Waals surface area contributed by atoms with Gasteiger partial charge >= 0.3 is 0 Å². The number of ether oxygens (including phenoxy) is 2. The zero-order valence-corrected chi connectivity index (χ0v) is 31.7. The highest BCUT2D eigenvalue weighted by Gasteiger charge is 2.25. The molecule has 1 aliphatic rings. The summed E-state index contributed by atoms with van der Waals surface area (Å²) in [4.78, 5) is 23.6. The van der Waals surface area contributed by atoms with E-state index in [1.807, 2.05) is 93.1 Å². The predicted molar refractivity (Wildman–Crippen MR) is 214 cm³/mol. The Morgan fingerprint density at radius 2 is 1.57 bits per heavy atom. The minimum atomic E-state index is -4.11. The van der Waals surface area contributed by atoms with Crippen LogP contribution in [0.25, 0.3) is 22.0 Å². The molecule has 0 atom stereocenters. The molecule has 54 heavy (non-hydrogen) atoms. The monoisotopic (exact) mass is 763 g/mol. The number of amides is 1. The van der Waals surface area contributed by atoms with Gasteiger partial charge in [0.15, 0.2) is 0 Å². The number of piperazine rings is 1. The second kappa shape index (κ2) is 16.4. The maximum absolute atomic E-state index is 13.6. The van der Waals surface area contributed by atoms with Crippen LogP contribution in [-0.4, -0.2) is 82.5 Å². The van der Waals surface area contributed by atoms with Crippen LogP contribution in [0.15, 0.2) is 126 Å². The van der Waals surface area contributed by atoms with Crippen LogP contribution in [0.4, 0.5) is 5.69 Å². The molecule has 10 nitrogen and oxygen atoms in total. The van der Waals surface area contributed by atoms with Crippen LogP contribution in [0.3, 0.4) is 0 Å². The third-order valence-electron chi connectivity index (χ3n) is 9.47. The fourth-order valence-corrected chi connectivity index (χ4v) is 7.68. The van der Waals surface area contributed by atoms with Crippen LogP contribution < -0.4 is 19.1 Å². The molecule has 1 fully saturated rings. The maximum atomic E-state index is 13.6. The van der Waals surface area contributed by atoms with Crippen LogP contribution in [0.5, 0.6) is 17.2 Å². The second-order valence-corrected chi connectivity index (χ2v) is 15.5. The molecule has 2 N–H and O–H groups in total. The summed E-state index contributed by atoms with van der Waals surface area (Å²) in [6, 6.07) is 34.7. The van der Waals surface area contributed by atoms with E-state index >= 15 is 0 Å². The van der Waals surface area contributed by atoms with Crippen molar-refractivity contribution in [3.63, 3.8) is 0 Å². The van der Waals surface area contributed by atoms with Gasteiger partial charge in [0.25, 0.3) is 15.9 Å². The van der Waals surface area contributed by atoms with Crippen LogP contribution in [-0.2, 0) is 16.6 Å². The van der Waals surface area contributed by atoms with E-state index in [-0.39, 0.29) is 16.2 Å². The molecule has 1 aromatic heterocycles. The number of benzene rings is 5. The average Bonchev–Trinajstić information content (AvgIpc) is 3.66. The number of aromatic nitrogens is 1. The lowest BCUT2D eigenvalue weighted by molar-refractivity contribution is 0.0979. The zero-order valence-electron chi connectivity index (χ0n) is 30.2. The van der Waals surface area contributed by atoms with E-state index in [1.165, 1.54) is 12.1 Å². The van der Waals surface area contributed by atoms with Crippen LogP contribution in [0.2, 0.25) is 5.02 Å². The molecule has 2 heterocycles. The number of nitrogens with one attached hydrogen (secondary N) is 2. The number of likely N-dealkylation sites (N-methyl/N-ethyl adjacent to an activating group) is 1. The third-order valence-corrected chi connectivity index (χ3v) is 11.1. The van der Waals surface area contributed by atoms with Gasteiger partial charge in [0.1, 0.15) is 23.9 Å². The summed E-state index contributed by atoms with van der Waals surface area (Å²) >= 11 is 6.23. The fourth-order valence-electron chi connectivity index (χ4n) is 6.57. The van der Waals surface area contributed by atoms with Crippen molar-refractivity contribution in [3.8, 4) is 28.4 Å². The Kier molecular flexibility index (Phi) is 11.2. The average molecular weight is 764 g/mol. The lowest BCUT2D eigenvalue weighted by Crippen LogP contribution is -2.46. The smallest absolute Gasteiger partial charge is 0.268 e. The van der Waals surface area contributed by atoms with Crippen LogP contribution in [0.1, 0.15) is 15.9 Å². The highest BCUT2D eigenvalue weighted by Crippen LogP contribution is 2.36. The topological polar surface area (TPSA) is 107 Å². The number of nitrogens with zero attached hydrogens (tertiary/aromatic N) is 3. The van der Waals surface area contributed by atoms with E-state index < -0.39 is 15.9 Å². The molecule has 12 heteroatoms. The van der Waals surface area contributed by atoms with Gasteiger partial charge in [-0.25, -0.2) is 13.1 Å². The Bertz CT molecular complexity index is 2340. The molecular formula is C42H42ClN5O5S. The highest BCUT2D eigenvalue weighted by molar-refractivity contribution is 7.90.